The van der Waals surface area contributed by atoms with Gasteiger partial charge in [-0.15, -0.1) is 11.3 Å². The monoisotopic (exact) mass is 333 g/mol. The maximum absolute atomic E-state index is 12.8. The number of aryl methyl sites for hydroxylation is 2. The summed E-state index contributed by atoms with van der Waals surface area (Å²) in [7, 11) is 1.94. The zero-order chi connectivity index (χ0) is 16.0. The molecule has 0 spiro atoms. The molecule has 1 amide bonds. The molecule has 124 valence electrons. The number of amides is 1. The van der Waals surface area contributed by atoms with Crippen molar-refractivity contribution >= 4 is 27.5 Å². The molecule has 2 aromatic heterocycles. The molecule has 0 radical (unpaired) electrons. The van der Waals surface area contributed by atoms with Crippen LogP contribution in [0.25, 0.3) is 10.2 Å². The van der Waals surface area contributed by atoms with Crippen molar-refractivity contribution in [1.29, 1.82) is 0 Å². The highest BCUT2D eigenvalue weighted by molar-refractivity contribution is 7.20. The molecular formula is C16H23N5OS. The molecule has 2 fully saturated rings. The summed E-state index contributed by atoms with van der Waals surface area (Å²) in [6.45, 7) is 8.06. The van der Waals surface area contributed by atoms with E-state index in [1.165, 1.54) is 0 Å². The van der Waals surface area contributed by atoms with Crippen LogP contribution < -0.4 is 5.32 Å². The van der Waals surface area contributed by atoms with E-state index in [2.05, 4.69) is 15.3 Å². The minimum atomic E-state index is 0.184. The quantitative estimate of drug-likeness (QED) is 0.893. The Labute approximate surface area is 140 Å². The summed E-state index contributed by atoms with van der Waals surface area (Å²) in [6, 6.07) is 2.54. The van der Waals surface area contributed by atoms with Crippen LogP contribution in [-0.4, -0.2) is 70.8 Å². The average molecular weight is 333 g/mol. The Bertz CT molecular complexity index is 696. The van der Waals surface area contributed by atoms with Gasteiger partial charge in [-0.3, -0.25) is 14.4 Å². The molecule has 1 unspecified atom stereocenters. The highest BCUT2D eigenvalue weighted by atomic mass is 32.1. The second-order valence-corrected chi connectivity index (χ2v) is 7.55. The summed E-state index contributed by atoms with van der Waals surface area (Å²) in [5, 5.41) is 8.91. The van der Waals surface area contributed by atoms with Crippen LogP contribution in [0.4, 0.5) is 0 Å². The van der Waals surface area contributed by atoms with Crippen molar-refractivity contribution < 1.29 is 4.79 Å². The second kappa shape index (κ2) is 5.89. The smallest absolute Gasteiger partial charge is 0.264 e. The molecule has 1 N–H and O–H groups in total. The lowest BCUT2D eigenvalue weighted by molar-refractivity contribution is 0.0778. The fourth-order valence-corrected chi connectivity index (χ4v) is 4.83. The molecule has 2 saturated heterocycles. The number of carbonyl (C=O) groups excluding carboxylic acids is 1. The van der Waals surface area contributed by atoms with E-state index < -0.39 is 0 Å². The Hall–Kier alpha value is -1.44. The molecule has 2 aromatic rings. The largest absolute Gasteiger partial charge is 0.336 e. The average Bonchev–Trinajstić information content (AvgIpc) is 3.26. The molecule has 0 aliphatic carbocycles. The minimum Gasteiger partial charge on any atom is -0.336 e. The van der Waals surface area contributed by atoms with Crippen molar-refractivity contribution in [3.05, 3.63) is 16.6 Å². The highest BCUT2D eigenvalue weighted by Crippen LogP contribution is 2.29. The molecule has 1 atom stereocenters. The zero-order valence-corrected chi connectivity index (χ0v) is 14.5. The first-order chi connectivity index (χ1) is 11.1. The number of nitrogens with zero attached hydrogens (tertiary/aromatic N) is 4. The Morgan fingerprint density at radius 2 is 2.13 bits per heavy atom. The Morgan fingerprint density at radius 1 is 1.35 bits per heavy atom. The van der Waals surface area contributed by atoms with Gasteiger partial charge in [-0.1, -0.05) is 0 Å². The zero-order valence-electron chi connectivity index (χ0n) is 13.7. The highest BCUT2D eigenvalue weighted by Gasteiger charge is 2.32. The number of aromatic nitrogens is 2. The van der Waals surface area contributed by atoms with Crippen LogP contribution in [0, 0.1) is 6.92 Å². The molecule has 4 heterocycles. The minimum absolute atomic E-state index is 0.184. The van der Waals surface area contributed by atoms with Gasteiger partial charge in [-0.25, -0.2) is 0 Å². The summed E-state index contributed by atoms with van der Waals surface area (Å²) in [4.78, 5) is 19.3. The number of rotatable bonds is 2. The van der Waals surface area contributed by atoms with Crippen LogP contribution in [0.2, 0.25) is 0 Å². The first-order valence-electron chi connectivity index (χ1n) is 8.30. The van der Waals surface area contributed by atoms with E-state index in [9.17, 15) is 4.79 Å². The molecule has 0 aromatic carbocycles. The van der Waals surface area contributed by atoms with E-state index in [1.807, 2.05) is 29.6 Å². The molecule has 4 rings (SSSR count). The number of piperazine rings is 1. The maximum atomic E-state index is 12.8. The van der Waals surface area contributed by atoms with Gasteiger partial charge in [0.05, 0.1) is 10.6 Å². The van der Waals surface area contributed by atoms with Gasteiger partial charge in [0.15, 0.2) is 0 Å². The van der Waals surface area contributed by atoms with Gasteiger partial charge in [-0.2, -0.15) is 5.10 Å². The lowest BCUT2D eigenvalue weighted by Gasteiger charge is -2.32. The van der Waals surface area contributed by atoms with Crippen molar-refractivity contribution in [1.82, 2.24) is 24.9 Å². The molecule has 6 nitrogen and oxygen atoms in total. The van der Waals surface area contributed by atoms with Crippen LogP contribution in [0.1, 0.15) is 21.8 Å². The third kappa shape index (κ3) is 2.66. The summed E-state index contributed by atoms with van der Waals surface area (Å²) in [5.41, 5.74) is 0.998. The van der Waals surface area contributed by atoms with Gasteiger partial charge < -0.3 is 10.2 Å². The summed E-state index contributed by atoms with van der Waals surface area (Å²) in [6.07, 6.45) is 1.09. The number of thiophene rings is 1. The summed E-state index contributed by atoms with van der Waals surface area (Å²) < 4.78 is 1.87. The third-order valence-electron chi connectivity index (χ3n) is 5.03. The van der Waals surface area contributed by atoms with Crippen molar-refractivity contribution in [3.8, 4) is 0 Å². The fourth-order valence-electron chi connectivity index (χ4n) is 3.74. The number of hydrogen-bond acceptors (Lipinski definition) is 5. The standard InChI is InChI=1S/C16H23N5OS/c1-11-13-9-14(23-16(13)19(2)18-11)15(22)21-6-3-12(10-21)20-7-4-17-5-8-20/h9,12,17H,3-8,10H2,1-2H3. The third-order valence-corrected chi connectivity index (χ3v) is 6.22. The Balaban J connectivity index is 1.49. The van der Waals surface area contributed by atoms with Crippen LogP contribution >= 0.6 is 11.3 Å². The van der Waals surface area contributed by atoms with E-state index in [1.54, 1.807) is 11.3 Å². The van der Waals surface area contributed by atoms with E-state index >= 15 is 0 Å². The first-order valence-corrected chi connectivity index (χ1v) is 9.12. The Kier molecular flexibility index (Phi) is 3.87. The number of fused-ring (bicyclic) bond motifs is 1. The van der Waals surface area contributed by atoms with Gasteiger partial charge in [0, 0.05) is 57.7 Å². The van der Waals surface area contributed by atoms with Crippen LogP contribution in [0.15, 0.2) is 6.07 Å². The summed E-state index contributed by atoms with van der Waals surface area (Å²) in [5.74, 6) is 0.184. The van der Waals surface area contributed by atoms with Crippen LogP contribution in [0.5, 0.6) is 0 Å². The predicted molar refractivity (Wildman–Crippen MR) is 92.1 cm³/mol. The Morgan fingerprint density at radius 3 is 2.87 bits per heavy atom. The van der Waals surface area contributed by atoms with Crippen molar-refractivity contribution in [2.75, 3.05) is 39.3 Å². The van der Waals surface area contributed by atoms with Gasteiger partial charge in [0.25, 0.3) is 5.91 Å². The van der Waals surface area contributed by atoms with Crippen molar-refractivity contribution in [2.24, 2.45) is 7.05 Å². The van der Waals surface area contributed by atoms with Gasteiger partial charge >= 0.3 is 0 Å². The summed E-state index contributed by atoms with van der Waals surface area (Å²) >= 11 is 1.56. The van der Waals surface area contributed by atoms with Crippen molar-refractivity contribution in [2.45, 2.75) is 19.4 Å². The SMILES string of the molecule is Cc1nn(C)c2sc(C(=O)N3CCC(N4CCNCC4)C3)cc12. The molecule has 0 bridgehead atoms. The van der Waals surface area contributed by atoms with E-state index in [-0.39, 0.29) is 5.91 Å². The van der Waals surface area contributed by atoms with Crippen molar-refractivity contribution in [3.63, 3.8) is 0 Å². The van der Waals surface area contributed by atoms with Gasteiger partial charge in [0.1, 0.15) is 4.83 Å². The number of likely N-dealkylation sites (tertiary alicyclic amines) is 1. The normalized spacial score (nSPS) is 23.0. The van der Waals surface area contributed by atoms with Crippen LogP contribution in [-0.2, 0) is 7.05 Å². The molecule has 23 heavy (non-hydrogen) atoms. The van der Waals surface area contributed by atoms with E-state index in [4.69, 9.17) is 0 Å². The lowest BCUT2D eigenvalue weighted by atomic mass is 10.2. The van der Waals surface area contributed by atoms with E-state index in [0.29, 0.717) is 6.04 Å². The topological polar surface area (TPSA) is 53.4 Å². The molecule has 0 saturated carbocycles. The maximum Gasteiger partial charge on any atom is 0.264 e. The second-order valence-electron chi connectivity index (χ2n) is 6.52. The van der Waals surface area contributed by atoms with Crippen LogP contribution in [0.3, 0.4) is 0 Å². The molecular weight excluding hydrogens is 310 g/mol. The lowest BCUT2D eigenvalue weighted by Crippen LogP contribution is -2.49. The molecule has 7 heteroatoms. The molecule has 2 aliphatic rings. The number of carbonyl (C=O) groups is 1. The number of hydrogen-bond donors (Lipinski definition) is 1. The van der Waals surface area contributed by atoms with E-state index in [0.717, 1.165) is 66.5 Å². The number of nitrogens with one attached hydrogen (secondary N) is 1. The molecule has 2 aliphatic heterocycles. The van der Waals surface area contributed by atoms with Gasteiger partial charge in [0.2, 0.25) is 0 Å². The first kappa shape index (κ1) is 15.1. The fraction of sp³-hybridized carbons (Fsp3) is 0.625. The predicted octanol–water partition coefficient (Wildman–Crippen LogP) is 1.06. The van der Waals surface area contributed by atoms with Gasteiger partial charge in [-0.05, 0) is 19.4 Å².